The fourth-order valence-corrected chi connectivity index (χ4v) is 6.23. The van der Waals surface area contributed by atoms with E-state index in [0.29, 0.717) is 22.2 Å². The van der Waals surface area contributed by atoms with Crippen molar-refractivity contribution in [3.8, 4) is 0 Å². The van der Waals surface area contributed by atoms with Gasteiger partial charge >= 0.3 is 0 Å². The predicted octanol–water partition coefficient (Wildman–Crippen LogP) is 6.16. The summed E-state index contributed by atoms with van der Waals surface area (Å²) in [7, 11) is 1.70. The molecule has 198 valence electrons. The van der Waals surface area contributed by atoms with Gasteiger partial charge in [-0.15, -0.1) is 18.3 Å². The first-order chi connectivity index (χ1) is 17.8. The van der Waals surface area contributed by atoms with E-state index in [0.717, 1.165) is 30.6 Å². The summed E-state index contributed by atoms with van der Waals surface area (Å²) in [5, 5.41) is 3.19. The molecule has 2 aromatic heterocycles. The molecule has 1 aliphatic rings. The van der Waals surface area contributed by atoms with Gasteiger partial charge in [-0.2, -0.15) is 0 Å². The number of ether oxygens (including phenoxy) is 1. The highest BCUT2D eigenvalue weighted by Gasteiger charge is 2.34. The second kappa shape index (κ2) is 11.6. The summed E-state index contributed by atoms with van der Waals surface area (Å²) in [4.78, 5) is 29.5. The number of nitrogens with zero attached hydrogens (tertiary/aromatic N) is 1. The highest BCUT2D eigenvalue weighted by atomic mass is 32.2. The highest BCUT2D eigenvalue weighted by Crippen LogP contribution is 2.42. The van der Waals surface area contributed by atoms with Crippen LogP contribution in [0.5, 0.6) is 0 Å². The second-order valence-electron chi connectivity index (χ2n) is 9.46. The summed E-state index contributed by atoms with van der Waals surface area (Å²) < 4.78 is 36.6. The highest BCUT2D eigenvalue weighted by molar-refractivity contribution is 7.98. The van der Waals surface area contributed by atoms with Crippen molar-refractivity contribution in [2.24, 2.45) is 5.92 Å². The van der Waals surface area contributed by atoms with E-state index in [1.807, 2.05) is 12.3 Å². The third-order valence-electron chi connectivity index (χ3n) is 7.33. The summed E-state index contributed by atoms with van der Waals surface area (Å²) in [6.07, 6.45) is 4.20. The molecule has 1 aliphatic carbocycles. The van der Waals surface area contributed by atoms with E-state index in [1.165, 1.54) is 11.8 Å². The lowest BCUT2D eigenvalue weighted by molar-refractivity contribution is 0.0501. The number of carbonyl (C=O) groups excluding carboxylic acids is 1. The molecule has 1 amide bonds. The fourth-order valence-electron chi connectivity index (χ4n) is 5.52. The zero-order chi connectivity index (χ0) is 26.7. The summed E-state index contributed by atoms with van der Waals surface area (Å²) in [5.74, 6) is -0.536. The Morgan fingerprint density at radius 1 is 1.30 bits per heavy atom. The minimum atomic E-state index is -2.88. The molecule has 0 unspecified atom stereocenters. The zero-order valence-electron chi connectivity index (χ0n) is 21.4. The number of amides is 1. The van der Waals surface area contributed by atoms with E-state index in [4.69, 9.17) is 4.74 Å². The summed E-state index contributed by atoms with van der Waals surface area (Å²) in [5.41, 5.74) is 0.993. The Labute approximate surface area is 219 Å². The Bertz CT molecular complexity index is 1340. The van der Waals surface area contributed by atoms with Crippen molar-refractivity contribution in [2.45, 2.75) is 62.6 Å². The first kappa shape index (κ1) is 27.1. The summed E-state index contributed by atoms with van der Waals surface area (Å²) in [6.45, 7) is 5.70. The molecule has 37 heavy (non-hydrogen) atoms. The summed E-state index contributed by atoms with van der Waals surface area (Å²) in [6, 6.07) is 8.43. The number of rotatable bonds is 9. The van der Waals surface area contributed by atoms with Crippen LogP contribution in [-0.2, 0) is 11.3 Å². The van der Waals surface area contributed by atoms with Gasteiger partial charge in [-0.1, -0.05) is 24.3 Å². The Morgan fingerprint density at radius 3 is 2.62 bits per heavy atom. The molecule has 9 heteroatoms. The van der Waals surface area contributed by atoms with Gasteiger partial charge in [-0.25, -0.2) is 8.78 Å². The molecule has 1 aromatic carbocycles. The van der Waals surface area contributed by atoms with Gasteiger partial charge in [-0.3, -0.25) is 9.59 Å². The molecule has 2 heterocycles. The summed E-state index contributed by atoms with van der Waals surface area (Å²) >= 11 is 1.39. The largest absolute Gasteiger partial charge is 0.381 e. The molecule has 1 atom stereocenters. The maximum atomic E-state index is 14.7. The van der Waals surface area contributed by atoms with Crippen molar-refractivity contribution in [3.05, 3.63) is 75.9 Å². The SMILES string of the molecule is C=C[C@H](C1CCC(OC)CC1)n1c(C(F)F)c(C(=O)NCc2c(SC)cc(C)[nH]c2=O)c2ccccc21. The number of aromatic amines is 1. The van der Waals surface area contributed by atoms with Crippen molar-refractivity contribution >= 4 is 28.6 Å². The molecule has 1 saturated carbocycles. The third-order valence-corrected chi connectivity index (χ3v) is 8.14. The number of alkyl halides is 2. The molecule has 4 rings (SSSR count). The third kappa shape index (κ3) is 5.38. The van der Waals surface area contributed by atoms with Gasteiger partial charge in [0, 0.05) is 40.7 Å². The quantitative estimate of drug-likeness (QED) is 0.257. The van der Waals surface area contributed by atoms with E-state index >= 15 is 0 Å². The number of halogens is 2. The van der Waals surface area contributed by atoms with E-state index in [-0.39, 0.29) is 35.4 Å². The molecule has 6 nitrogen and oxygen atoms in total. The van der Waals surface area contributed by atoms with Crippen LogP contribution in [0.15, 0.2) is 52.7 Å². The number of allylic oxidation sites excluding steroid dienone is 1. The van der Waals surface area contributed by atoms with Crippen LogP contribution in [0.25, 0.3) is 10.9 Å². The number of aryl methyl sites for hydroxylation is 1. The van der Waals surface area contributed by atoms with Crippen LogP contribution < -0.4 is 10.9 Å². The smallest absolute Gasteiger partial charge is 0.279 e. The minimum absolute atomic E-state index is 0.0581. The number of H-pyrrole nitrogens is 1. The number of carbonyl (C=O) groups is 1. The van der Waals surface area contributed by atoms with Gasteiger partial charge in [0.25, 0.3) is 17.9 Å². The minimum Gasteiger partial charge on any atom is -0.381 e. The van der Waals surface area contributed by atoms with Crippen LogP contribution in [-0.4, -0.2) is 34.9 Å². The average molecular weight is 530 g/mol. The number of hydrogen-bond acceptors (Lipinski definition) is 4. The van der Waals surface area contributed by atoms with Crippen molar-refractivity contribution < 1.29 is 18.3 Å². The molecule has 0 saturated heterocycles. The first-order valence-corrected chi connectivity index (χ1v) is 13.6. The molecule has 0 aliphatic heterocycles. The lowest BCUT2D eigenvalue weighted by Gasteiger charge is -2.34. The first-order valence-electron chi connectivity index (χ1n) is 12.4. The molecular formula is C28H33F2N3O3S. The predicted molar refractivity (Wildman–Crippen MR) is 144 cm³/mol. The Morgan fingerprint density at radius 2 is 2.00 bits per heavy atom. The topological polar surface area (TPSA) is 76.1 Å². The van der Waals surface area contributed by atoms with Crippen LogP contribution in [0.4, 0.5) is 8.78 Å². The lowest BCUT2D eigenvalue weighted by Crippen LogP contribution is -2.29. The second-order valence-corrected chi connectivity index (χ2v) is 10.3. The van der Waals surface area contributed by atoms with E-state index in [1.54, 1.807) is 48.9 Å². The number of thioether (sulfide) groups is 1. The number of aromatic nitrogens is 2. The van der Waals surface area contributed by atoms with Gasteiger partial charge in [0.2, 0.25) is 0 Å². The van der Waals surface area contributed by atoms with E-state index in [2.05, 4.69) is 16.9 Å². The van der Waals surface area contributed by atoms with Gasteiger partial charge in [0.05, 0.1) is 23.4 Å². The number of para-hydroxylation sites is 1. The number of benzene rings is 1. The van der Waals surface area contributed by atoms with Crippen LogP contribution in [0.3, 0.4) is 0 Å². The Balaban J connectivity index is 1.75. The Kier molecular flexibility index (Phi) is 8.54. The molecular weight excluding hydrogens is 496 g/mol. The van der Waals surface area contributed by atoms with Crippen LogP contribution >= 0.6 is 11.8 Å². The van der Waals surface area contributed by atoms with Crippen LogP contribution in [0.2, 0.25) is 0 Å². The van der Waals surface area contributed by atoms with E-state index < -0.39 is 18.4 Å². The number of methoxy groups -OCH3 is 1. The van der Waals surface area contributed by atoms with E-state index in [9.17, 15) is 18.4 Å². The zero-order valence-corrected chi connectivity index (χ0v) is 22.2. The van der Waals surface area contributed by atoms with Crippen molar-refractivity contribution in [3.63, 3.8) is 0 Å². The van der Waals surface area contributed by atoms with Crippen molar-refractivity contribution in [1.82, 2.24) is 14.9 Å². The van der Waals surface area contributed by atoms with Gasteiger partial charge in [-0.05, 0) is 56.9 Å². The molecule has 0 radical (unpaired) electrons. The molecule has 0 bridgehead atoms. The maximum Gasteiger partial charge on any atom is 0.279 e. The number of hydrogen-bond donors (Lipinski definition) is 2. The van der Waals surface area contributed by atoms with Gasteiger partial charge in [0.15, 0.2) is 0 Å². The van der Waals surface area contributed by atoms with Gasteiger partial charge < -0.3 is 19.6 Å². The van der Waals surface area contributed by atoms with Crippen LogP contribution in [0.1, 0.15) is 65.5 Å². The van der Waals surface area contributed by atoms with Crippen molar-refractivity contribution in [1.29, 1.82) is 0 Å². The monoisotopic (exact) mass is 529 g/mol. The Hall–Kier alpha value is -2.91. The molecule has 1 fully saturated rings. The standard InChI is InChI=1S/C28H33F2N3O3S/c1-5-21(17-10-12-18(36-3)13-11-17)33-22-9-7-6-8-19(22)24(25(33)26(29)30)28(35)31-15-20-23(37-4)14-16(2)32-27(20)34/h5-9,14,17-18,21,26H,1,10-13,15H2,2-4H3,(H,31,35)(H,32,34)/t17?,18?,21-/m1/s1. The fraction of sp³-hybridized carbons (Fsp3) is 0.429. The van der Waals surface area contributed by atoms with Gasteiger partial charge in [0.1, 0.15) is 0 Å². The molecule has 3 aromatic rings. The number of nitrogens with one attached hydrogen (secondary N) is 2. The molecule has 2 N–H and O–H groups in total. The molecule has 0 spiro atoms. The lowest BCUT2D eigenvalue weighted by atomic mass is 9.82. The number of fused-ring (bicyclic) bond motifs is 1. The number of pyridine rings is 1. The maximum absolute atomic E-state index is 14.7. The average Bonchev–Trinajstić information content (AvgIpc) is 3.24. The van der Waals surface area contributed by atoms with Crippen molar-refractivity contribution in [2.75, 3.05) is 13.4 Å². The van der Waals surface area contributed by atoms with Crippen LogP contribution in [0, 0.1) is 12.8 Å². The normalized spacial score (nSPS) is 18.8.